The highest BCUT2D eigenvalue weighted by molar-refractivity contribution is 7.22. The van der Waals surface area contributed by atoms with Crippen LogP contribution in [0.15, 0.2) is 18.2 Å². The lowest BCUT2D eigenvalue weighted by Gasteiger charge is -2.33. The summed E-state index contributed by atoms with van der Waals surface area (Å²) in [6, 6.07) is 4.93. The number of carbonyl (C=O) groups excluding carboxylic acids is 1. The van der Waals surface area contributed by atoms with E-state index in [9.17, 15) is 9.18 Å². The van der Waals surface area contributed by atoms with Gasteiger partial charge in [-0.3, -0.25) is 4.79 Å². The van der Waals surface area contributed by atoms with Crippen LogP contribution in [0.1, 0.15) is 33.6 Å². The zero-order chi connectivity index (χ0) is 16.6. The first-order valence-electron chi connectivity index (χ1n) is 7.95. The van der Waals surface area contributed by atoms with Crippen LogP contribution >= 0.6 is 11.3 Å². The number of piperidine rings is 1. The smallest absolute Gasteiger partial charge is 0.225 e. The van der Waals surface area contributed by atoms with Crippen molar-refractivity contribution in [1.82, 2.24) is 10.3 Å². The Bertz CT molecular complexity index is 714. The molecule has 1 aromatic carbocycles. The molecule has 1 amide bonds. The van der Waals surface area contributed by atoms with Crippen molar-refractivity contribution >= 4 is 32.6 Å². The van der Waals surface area contributed by atoms with E-state index in [-0.39, 0.29) is 23.2 Å². The Labute approximate surface area is 139 Å². The molecule has 1 fully saturated rings. The topological polar surface area (TPSA) is 45.2 Å². The SMILES string of the molecule is CC(C)(C)C(=O)NC1CCN(c2nc3ccc(F)cc3s2)CC1. The van der Waals surface area contributed by atoms with Crippen LogP contribution in [0.2, 0.25) is 0 Å². The zero-order valence-corrected chi connectivity index (χ0v) is 14.5. The fraction of sp³-hybridized carbons (Fsp3) is 0.529. The van der Waals surface area contributed by atoms with Gasteiger partial charge in [0.1, 0.15) is 5.82 Å². The first kappa shape index (κ1) is 16.2. The largest absolute Gasteiger partial charge is 0.353 e. The molecule has 3 rings (SSSR count). The monoisotopic (exact) mass is 335 g/mol. The molecule has 2 aromatic rings. The second-order valence-electron chi connectivity index (χ2n) is 7.09. The summed E-state index contributed by atoms with van der Waals surface area (Å²) in [5.74, 6) is -0.122. The lowest BCUT2D eigenvalue weighted by atomic mass is 9.94. The minimum absolute atomic E-state index is 0.103. The Morgan fingerprint density at radius 1 is 1.35 bits per heavy atom. The predicted octanol–water partition coefficient (Wildman–Crippen LogP) is 3.57. The van der Waals surface area contributed by atoms with Crippen molar-refractivity contribution in [3.63, 3.8) is 0 Å². The van der Waals surface area contributed by atoms with E-state index in [1.54, 1.807) is 6.07 Å². The van der Waals surface area contributed by atoms with Crippen molar-refractivity contribution in [3.05, 3.63) is 24.0 Å². The fourth-order valence-corrected chi connectivity index (χ4v) is 3.68. The van der Waals surface area contributed by atoms with Crippen LogP contribution in [0.3, 0.4) is 0 Å². The van der Waals surface area contributed by atoms with E-state index in [0.29, 0.717) is 0 Å². The molecular weight excluding hydrogens is 313 g/mol. The Morgan fingerprint density at radius 3 is 2.70 bits per heavy atom. The van der Waals surface area contributed by atoms with E-state index >= 15 is 0 Å². The standard InChI is InChI=1S/C17H22FN3OS/c1-17(2,3)15(22)19-12-6-8-21(9-7-12)16-20-13-5-4-11(18)10-14(13)23-16/h4-5,10,12H,6-9H2,1-3H3,(H,19,22). The molecule has 1 saturated heterocycles. The summed E-state index contributed by atoms with van der Waals surface area (Å²) >= 11 is 1.52. The van der Waals surface area contributed by atoms with Gasteiger partial charge in [0, 0.05) is 24.5 Å². The minimum Gasteiger partial charge on any atom is -0.353 e. The van der Waals surface area contributed by atoms with Crippen molar-refractivity contribution in [2.24, 2.45) is 5.41 Å². The van der Waals surface area contributed by atoms with E-state index < -0.39 is 0 Å². The molecule has 0 unspecified atom stereocenters. The number of anilines is 1. The van der Waals surface area contributed by atoms with Crippen molar-refractivity contribution in [1.29, 1.82) is 0 Å². The molecule has 0 bridgehead atoms. The van der Waals surface area contributed by atoms with Crippen LogP contribution in [-0.4, -0.2) is 30.0 Å². The second kappa shape index (κ2) is 6.07. The Hall–Kier alpha value is -1.69. The summed E-state index contributed by atoms with van der Waals surface area (Å²) in [7, 11) is 0. The van der Waals surface area contributed by atoms with Gasteiger partial charge < -0.3 is 10.2 Å². The number of halogens is 1. The molecule has 0 radical (unpaired) electrons. The second-order valence-corrected chi connectivity index (χ2v) is 8.10. The lowest BCUT2D eigenvalue weighted by Crippen LogP contribution is -2.47. The van der Waals surface area contributed by atoms with Crippen molar-refractivity contribution in [3.8, 4) is 0 Å². The van der Waals surface area contributed by atoms with E-state index in [4.69, 9.17) is 0 Å². The number of thiazole rings is 1. The van der Waals surface area contributed by atoms with Crippen molar-refractivity contribution < 1.29 is 9.18 Å². The molecule has 2 heterocycles. The van der Waals surface area contributed by atoms with Gasteiger partial charge in [-0.15, -0.1) is 0 Å². The van der Waals surface area contributed by atoms with E-state index in [1.165, 1.54) is 23.5 Å². The highest BCUT2D eigenvalue weighted by Gasteiger charge is 2.27. The molecule has 1 aliphatic rings. The zero-order valence-electron chi connectivity index (χ0n) is 13.7. The number of hydrogen-bond donors (Lipinski definition) is 1. The van der Waals surface area contributed by atoms with Gasteiger partial charge in [0.15, 0.2) is 5.13 Å². The van der Waals surface area contributed by atoms with Gasteiger partial charge in [-0.25, -0.2) is 9.37 Å². The quantitative estimate of drug-likeness (QED) is 0.912. The summed E-state index contributed by atoms with van der Waals surface area (Å²) in [5, 5.41) is 4.07. The predicted molar refractivity (Wildman–Crippen MR) is 92.4 cm³/mol. The van der Waals surface area contributed by atoms with Gasteiger partial charge in [-0.1, -0.05) is 32.1 Å². The maximum Gasteiger partial charge on any atom is 0.225 e. The number of rotatable bonds is 2. The minimum atomic E-state index is -0.353. The first-order chi connectivity index (χ1) is 10.8. The maximum atomic E-state index is 13.3. The molecule has 0 aliphatic carbocycles. The number of carbonyl (C=O) groups is 1. The number of hydrogen-bond acceptors (Lipinski definition) is 4. The van der Waals surface area contributed by atoms with Crippen LogP contribution in [0.5, 0.6) is 0 Å². The Kier molecular flexibility index (Phi) is 4.27. The molecule has 1 aromatic heterocycles. The van der Waals surface area contributed by atoms with Gasteiger partial charge in [-0.05, 0) is 31.0 Å². The highest BCUT2D eigenvalue weighted by Crippen LogP contribution is 2.31. The average Bonchev–Trinajstić information content (AvgIpc) is 2.90. The van der Waals surface area contributed by atoms with E-state index in [1.807, 2.05) is 20.8 Å². The molecule has 124 valence electrons. The number of amides is 1. The van der Waals surface area contributed by atoms with E-state index in [2.05, 4.69) is 15.2 Å². The molecule has 4 nitrogen and oxygen atoms in total. The van der Waals surface area contributed by atoms with Crippen LogP contribution in [0, 0.1) is 11.2 Å². The highest BCUT2D eigenvalue weighted by atomic mass is 32.1. The van der Waals surface area contributed by atoms with Gasteiger partial charge in [-0.2, -0.15) is 0 Å². The number of benzene rings is 1. The van der Waals surface area contributed by atoms with Gasteiger partial charge in [0.05, 0.1) is 10.2 Å². The number of aromatic nitrogens is 1. The van der Waals surface area contributed by atoms with Gasteiger partial charge in [0.25, 0.3) is 0 Å². The summed E-state index contributed by atoms with van der Waals surface area (Å²) in [6.07, 6.45) is 1.82. The molecular formula is C17H22FN3OS. The molecule has 6 heteroatoms. The number of nitrogens with one attached hydrogen (secondary N) is 1. The number of nitrogens with zero attached hydrogens (tertiary/aromatic N) is 2. The summed E-state index contributed by atoms with van der Waals surface area (Å²) in [6.45, 7) is 7.50. The Morgan fingerprint density at radius 2 is 2.04 bits per heavy atom. The van der Waals surface area contributed by atoms with Crippen LogP contribution < -0.4 is 10.2 Å². The average molecular weight is 335 g/mol. The number of fused-ring (bicyclic) bond motifs is 1. The summed E-state index contributed by atoms with van der Waals surface area (Å²) < 4.78 is 14.2. The van der Waals surface area contributed by atoms with Crippen LogP contribution in [0.4, 0.5) is 9.52 Å². The Balaban J connectivity index is 1.63. The third kappa shape index (κ3) is 3.63. The summed E-state index contributed by atoms with van der Waals surface area (Å²) in [4.78, 5) is 18.9. The third-order valence-corrected chi connectivity index (χ3v) is 5.20. The molecule has 1 aliphatic heterocycles. The maximum absolute atomic E-state index is 13.3. The molecule has 0 spiro atoms. The van der Waals surface area contributed by atoms with Gasteiger partial charge >= 0.3 is 0 Å². The fourth-order valence-electron chi connectivity index (χ4n) is 2.64. The molecule has 0 atom stereocenters. The van der Waals surface area contributed by atoms with Crippen molar-refractivity contribution in [2.45, 2.75) is 39.7 Å². The van der Waals surface area contributed by atoms with Crippen LogP contribution in [-0.2, 0) is 4.79 Å². The van der Waals surface area contributed by atoms with Crippen LogP contribution in [0.25, 0.3) is 10.2 Å². The van der Waals surface area contributed by atoms with E-state index in [0.717, 1.165) is 41.3 Å². The first-order valence-corrected chi connectivity index (χ1v) is 8.76. The lowest BCUT2D eigenvalue weighted by molar-refractivity contribution is -0.129. The molecule has 23 heavy (non-hydrogen) atoms. The van der Waals surface area contributed by atoms with Gasteiger partial charge in [0.2, 0.25) is 5.91 Å². The van der Waals surface area contributed by atoms with Crippen molar-refractivity contribution in [2.75, 3.05) is 18.0 Å². The summed E-state index contributed by atoms with van der Waals surface area (Å²) in [5.41, 5.74) is 0.489. The molecule has 0 saturated carbocycles. The normalized spacial score (nSPS) is 16.8. The molecule has 1 N–H and O–H groups in total. The third-order valence-electron chi connectivity index (χ3n) is 4.12.